The topological polar surface area (TPSA) is 35.5 Å². The maximum atomic E-state index is 12.9. The van der Waals surface area contributed by atoms with E-state index in [-0.39, 0.29) is 12.1 Å². The Morgan fingerprint density at radius 2 is 1.87 bits per heavy atom. The molecule has 2 aliphatic carbocycles. The molecule has 2 saturated carbocycles. The van der Waals surface area contributed by atoms with Crippen molar-refractivity contribution < 1.29 is 14.3 Å². The van der Waals surface area contributed by atoms with E-state index in [0.717, 1.165) is 32.1 Å². The second-order valence-corrected chi connectivity index (χ2v) is 6.92. The van der Waals surface area contributed by atoms with Crippen LogP contribution in [0.2, 0.25) is 0 Å². The van der Waals surface area contributed by atoms with Gasteiger partial charge in [0.1, 0.15) is 0 Å². The molecule has 0 amide bonds. The zero-order valence-electron chi connectivity index (χ0n) is 14.1. The number of hydrogen-bond donors (Lipinski definition) is 0. The van der Waals surface area contributed by atoms with E-state index in [2.05, 4.69) is 12.1 Å². The molecule has 126 valence electrons. The van der Waals surface area contributed by atoms with Crippen LogP contribution >= 0.6 is 0 Å². The zero-order chi connectivity index (χ0) is 16.1. The van der Waals surface area contributed by atoms with Crippen LogP contribution in [-0.4, -0.2) is 18.7 Å². The number of rotatable bonds is 6. The third-order valence-electron chi connectivity index (χ3n) is 5.66. The van der Waals surface area contributed by atoms with Crippen LogP contribution in [0.1, 0.15) is 57.4 Å². The second kappa shape index (κ2) is 7.48. The minimum absolute atomic E-state index is 0.00450. The van der Waals surface area contributed by atoms with Gasteiger partial charge in [0.2, 0.25) is 0 Å². The standard InChI is InChI=1S/C20H28O3/c1-2-22-19(21)20(17-11-6-7-12-17)14-8-13-18(20)23-15-16-9-4-3-5-10-16/h3-5,9-10,17-18H,2,6-8,11-15H2,1H3. The molecular formula is C20H28O3. The summed E-state index contributed by atoms with van der Waals surface area (Å²) in [4.78, 5) is 12.9. The molecule has 0 spiro atoms. The lowest BCUT2D eigenvalue weighted by Crippen LogP contribution is -2.46. The fourth-order valence-corrected chi connectivity index (χ4v) is 4.58. The van der Waals surface area contributed by atoms with Crippen molar-refractivity contribution in [2.45, 2.75) is 64.6 Å². The van der Waals surface area contributed by atoms with Gasteiger partial charge in [-0.25, -0.2) is 0 Å². The molecule has 0 aromatic heterocycles. The molecule has 0 bridgehead atoms. The second-order valence-electron chi connectivity index (χ2n) is 6.92. The Morgan fingerprint density at radius 1 is 1.13 bits per heavy atom. The van der Waals surface area contributed by atoms with Gasteiger partial charge in [-0.3, -0.25) is 4.79 Å². The Bertz CT molecular complexity index is 507. The van der Waals surface area contributed by atoms with Gasteiger partial charge < -0.3 is 9.47 Å². The fourth-order valence-electron chi connectivity index (χ4n) is 4.58. The van der Waals surface area contributed by atoms with Crippen molar-refractivity contribution >= 4 is 5.97 Å². The van der Waals surface area contributed by atoms with Crippen molar-refractivity contribution in [2.24, 2.45) is 11.3 Å². The summed E-state index contributed by atoms with van der Waals surface area (Å²) in [5.74, 6) is 0.423. The minimum Gasteiger partial charge on any atom is -0.465 e. The fraction of sp³-hybridized carbons (Fsp3) is 0.650. The number of hydrogen-bond acceptors (Lipinski definition) is 3. The first-order chi connectivity index (χ1) is 11.3. The largest absolute Gasteiger partial charge is 0.465 e. The number of benzene rings is 1. The molecule has 3 heteroatoms. The van der Waals surface area contributed by atoms with E-state index < -0.39 is 5.41 Å². The Hall–Kier alpha value is -1.35. The molecule has 0 N–H and O–H groups in total. The predicted octanol–water partition coefficient (Wildman–Crippen LogP) is 4.50. The summed E-state index contributed by atoms with van der Waals surface area (Å²) in [6, 6.07) is 10.2. The van der Waals surface area contributed by atoms with Crippen LogP contribution in [0.5, 0.6) is 0 Å². The molecule has 23 heavy (non-hydrogen) atoms. The van der Waals surface area contributed by atoms with Crippen molar-refractivity contribution in [1.29, 1.82) is 0 Å². The summed E-state index contributed by atoms with van der Waals surface area (Å²) in [5.41, 5.74) is 0.768. The monoisotopic (exact) mass is 316 g/mol. The summed E-state index contributed by atoms with van der Waals surface area (Å²) < 4.78 is 11.8. The van der Waals surface area contributed by atoms with Crippen LogP contribution in [0.4, 0.5) is 0 Å². The Kier molecular flexibility index (Phi) is 5.37. The lowest BCUT2D eigenvalue weighted by molar-refractivity contribution is -0.170. The highest BCUT2D eigenvalue weighted by atomic mass is 16.5. The summed E-state index contributed by atoms with van der Waals surface area (Å²) in [7, 11) is 0. The summed E-state index contributed by atoms with van der Waals surface area (Å²) in [6.45, 7) is 2.94. The minimum atomic E-state index is -0.401. The van der Waals surface area contributed by atoms with Crippen LogP contribution in [0.25, 0.3) is 0 Å². The quantitative estimate of drug-likeness (QED) is 0.725. The third-order valence-corrected chi connectivity index (χ3v) is 5.66. The van der Waals surface area contributed by atoms with Gasteiger partial charge >= 0.3 is 5.97 Å². The highest BCUT2D eigenvalue weighted by molar-refractivity contribution is 5.78. The molecular weight excluding hydrogens is 288 g/mol. The SMILES string of the molecule is CCOC(=O)C1(C2CCCC2)CCCC1OCc1ccccc1. The molecule has 2 atom stereocenters. The summed E-state index contributed by atoms with van der Waals surface area (Å²) >= 11 is 0. The van der Waals surface area contributed by atoms with Gasteiger partial charge in [0, 0.05) is 0 Å². The molecule has 3 rings (SSSR count). The van der Waals surface area contributed by atoms with Gasteiger partial charge in [-0.15, -0.1) is 0 Å². The van der Waals surface area contributed by atoms with Crippen LogP contribution in [-0.2, 0) is 20.9 Å². The zero-order valence-corrected chi connectivity index (χ0v) is 14.1. The Balaban J connectivity index is 1.77. The van der Waals surface area contributed by atoms with E-state index in [1.165, 1.54) is 18.4 Å². The molecule has 1 aromatic rings. The van der Waals surface area contributed by atoms with Crippen molar-refractivity contribution in [3.63, 3.8) is 0 Å². The number of carbonyl (C=O) groups is 1. The average Bonchev–Trinajstić information content (AvgIpc) is 3.24. The van der Waals surface area contributed by atoms with Gasteiger partial charge in [-0.2, -0.15) is 0 Å². The lowest BCUT2D eigenvalue weighted by Gasteiger charge is -2.38. The summed E-state index contributed by atoms with van der Waals surface area (Å²) in [5, 5.41) is 0. The van der Waals surface area contributed by atoms with E-state index in [1.54, 1.807) is 0 Å². The number of esters is 1. The smallest absolute Gasteiger partial charge is 0.314 e. The molecule has 0 radical (unpaired) electrons. The van der Waals surface area contributed by atoms with E-state index in [0.29, 0.717) is 19.1 Å². The molecule has 0 aliphatic heterocycles. The first kappa shape index (κ1) is 16.5. The summed E-state index contributed by atoms with van der Waals surface area (Å²) in [6.07, 6.45) is 7.72. The predicted molar refractivity (Wildman–Crippen MR) is 89.9 cm³/mol. The van der Waals surface area contributed by atoms with Crippen LogP contribution < -0.4 is 0 Å². The first-order valence-corrected chi connectivity index (χ1v) is 9.10. The van der Waals surface area contributed by atoms with Gasteiger partial charge in [0.05, 0.1) is 24.7 Å². The molecule has 2 fully saturated rings. The Morgan fingerprint density at radius 3 is 2.57 bits per heavy atom. The maximum absolute atomic E-state index is 12.9. The van der Waals surface area contributed by atoms with Crippen LogP contribution in [0, 0.1) is 11.3 Å². The normalized spacial score (nSPS) is 28.1. The molecule has 2 aliphatic rings. The molecule has 2 unspecified atom stereocenters. The molecule has 1 aromatic carbocycles. The molecule has 0 saturated heterocycles. The molecule has 0 heterocycles. The van der Waals surface area contributed by atoms with Gasteiger partial charge in [0.15, 0.2) is 0 Å². The Labute approximate surface area is 139 Å². The van der Waals surface area contributed by atoms with Gasteiger partial charge in [-0.1, -0.05) is 43.2 Å². The third kappa shape index (κ3) is 3.30. The number of ether oxygens (including phenoxy) is 2. The number of carbonyl (C=O) groups excluding carboxylic acids is 1. The van der Waals surface area contributed by atoms with E-state index in [4.69, 9.17) is 9.47 Å². The highest BCUT2D eigenvalue weighted by Gasteiger charge is 2.56. The van der Waals surface area contributed by atoms with Crippen molar-refractivity contribution in [3.8, 4) is 0 Å². The van der Waals surface area contributed by atoms with Crippen molar-refractivity contribution in [1.82, 2.24) is 0 Å². The van der Waals surface area contributed by atoms with Crippen molar-refractivity contribution in [3.05, 3.63) is 35.9 Å². The first-order valence-electron chi connectivity index (χ1n) is 9.10. The molecule has 3 nitrogen and oxygen atoms in total. The van der Waals surface area contributed by atoms with Crippen molar-refractivity contribution in [2.75, 3.05) is 6.61 Å². The van der Waals surface area contributed by atoms with Gasteiger partial charge in [0.25, 0.3) is 0 Å². The van der Waals surface area contributed by atoms with E-state index in [1.807, 2.05) is 25.1 Å². The lowest BCUT2D eigenvalue weighted by atomic mass is 9.71. The average molecular weight is 316 g/mol. The van der Waals surface area contributed by atoms with Gasteiger partial charge in [-0.05, 0) is 50.5 Å². The van der Waals surface area contributed by atoms with Crippen LogP contribution in [0.3, 0.4) is 0 Å². The van der Waals surface area contributed by atoms with Crippen LogP contribution in [0.15, 0.2) is 30.3 Å². The van der Waals surface area contributed by atoms with E-state index in [9.17, 15) is 4.79 Å². The maximum Gasteiger partial charge on any atom is 0.314 e. The highest BCUT2D eigenvalue weighted by Crippen LogP contribution is 2.52. The van der Waals surface area contributed by atoms with E-state index >= 15 is 0 Å².